The molecule has 0 aliphatic carbocycles. The molecular formula is C22H36N4O2. The standard InChI is InChI=1S/C22H36N4O2/c1-16(2)28-20-14-17(3)9-10-19(20)15-25-22(23-5)24-12-11-21(27)26-13-7-6-8-18(26)4/h9-10,14,16,18H,6-8,11-13,15H2,1-5H3,(H2,23,24,25). The molecule has 1 fully saturated rings. The molecule has 1 unspecified atom stereocenters. The maximum atomic E-state index is 12.4. The molecule has 1 aliphatic heterocycles. The second kappa shape index (κ2) is 10.9. The Labute approximate surface area is 169 Å². The minimum atomic E-state index is 0.126. The lowest BCUT2D eigenvalue weighted by Crippen LogP contribution is -2.44. The molecule has 2 N–H and O–H groups in total. The molecule has 1 aromatic carbocycles. The van der Waals surface area contributed by atoms with Gasteiger partial charge in [-0.3, -0.25) is 9.79 Å². The second-order valence-corrected chi connectivity index (χ2v) is 7.81. The average molecular weight is 389 g/mol. The number of carbonyl (C=O) groups is 1. The number of benzene rings is 1. The summed E-state index contributed by atoms with van der Waals surface area (Å²) in [4.78, 5) is 18.7. The predicted molar refractivity (Wildman–Crippen MR) is 115 cm³/mol. The van der Waals surface area contributed by atoms with E-state index in [0.29, 0.717) is 31.5 Å². The third-order valence-electron chi connectivity index (χ3n) is 5.01. The zero-order valence-electron chi connectivity index (χ0n) is 18.0. The molecule has 0 saturated carbocycles. The highest BCUT2D eigenvalue weighted by Crippen LogP contribution is 2.21. The normalized spacial score (nSPS) is 17.6. The van der Waals surface area contributed by atoms with Crippen molar-refractivity contribution < 1.29 is 9.53 Å². The first-order chi connectivity index (χ1) is 13.4. The minimum absolute atomic E-state index is 0.126. The number of ether oxygens (including phenoxy) is 1. The van der Waals surface area contributed by atoms with Crippen LogP contribution in [0.2, 0.25) is 0 Å². The fraction of sp³-hybridized carbons (Fsp3) is 0.636. The Morgan fingerprint density at radius 2 is 2.11 bits per heavy atom. The van der Waals surface area contributed by atoms with E-state index in [4.69, 9.17) is 4.74 Å². The van der Waals surface area contributed by atoms with Gasteiger partial charge in [-0.25, -0.2) is 0 Å². The monoisotopic (exact) mass is 388 g/mol. The molecule has 0 aromatic heterocycles. The van der Waals surface area contributed by atoms with E-state index in [1.54, 1.807) is 7.05 Å². The molecule has 0 radical (unpaired) electrons. The van der Waals surface area contributed by atoms with Crippen LogP contribution >= 0.6 is 0 Å². The van der Waals surface area contributed by atoms with E-state index in [2.05, 4.69) is 47.7 Å². The first-order valence-electron chi connectivity index (χ1n) is 10.4. The molecule has 1 heterocycles. The number of piperidine rings is 1. The maximum Gasteiger partial charge on any atom is 0.224 e. The summed E-state index contributed by atoms with van der Waals surface area (Å²) in [6.45, 7) is 10.3. The highest BCUT2D eigenvalue weighted by atomic mass is 16.5. The van der Waals surface area contributed by atoms with E-state index >= 15 is 0 Å². The molecule has 156 valence electrons. The van der Waals surface area contributed by atoms with Crippen LogP contribution in [0.15, 0.2) is 23.2 Å². The Bertz CT molecular complexity index is 673. The third-order valence-corrected chi connectivity index (χ3v) is 5.01. The van der Waals surface area contributed by atoms with Crippen molar-refractivity contribution in [1.82, 2.24) is 15.5 Å². The average Bonchev–Trinajstić information content (AvgIpc) is 2.65. The van der Waals surface area contributed by atoms with Crippen LogP contribution in [0.3, 0.4) is 0 Å². The summed E-state index contributed by atoms with van der Waals surface area (Å²) >= 11 is 0. The van der Waals surface area contributed by atoms with Gasteiger partial charge >= 0.3 is 0 Å². The lowest BCUT2D eigenvalue weighted by Gasteiger charge is -2.33. The smallest absolute Gasteiger partial charge is 0.224 e. The first kappa shape index (κ1) is 22.1. The number of aryl methyl sites for hydroxylation is 1. The van der Waals surface area contributed by atoms with Gasteiger partial charge in [-0.15, -0.1) is 0 Å². The quantitative estimate of drug-likeness (QED) is 0.556. The lowest BCUT2D eigenvalue weighted by atomic mass is 10.0. The molecule has 1 atom stereocenters. The predicted octanol–water partition coefficient (Wildman–Crippen LogP) is 3.24. The van der Waals surface area contributed by atoms with Gasteiger partial charge in [0, 0.05) is 44.7 Å². The Morgan fingerprint density at radius 3 is 2.79 bits per heavy atom. The number of hydrogen-bond donors (Lipinski definition) is 2. The fourth-order valence-corrected chi connectivity index (χ4v) is 3.47. The molecule has 1 aliphatic rings. The second-order valence-electron chi connectivity index (χ2n) is 7.81. The molecule has 1 amide bonds. The van der Waals surface area contributed by atoms with Gasteiger partial charge in [0.1, 0.15) is 5.75 Å². The summed E-state index contributed by atoms with van der Waals surface area (Å²) in [7, 11) is 1.74. The van der Waals surface area contributed by atoms with Crippen LogP contribution in [0.25, 0.3) is 0 Å². The molecule has 6 nitrogen and oxygen atoms in total. The van der Waals surface area contributed by atoms with E-state index in [9.17, 15) is 4.79 Å². The molecule has 1 aromatic rings. The number of likely N-dealkylation sites (tertiary alicyclic amines) is 1. The van der Waals surface area contributed by atoms with Crippen molar-refractivity contribution in [1.29, 1.82) is 0 Å². The van der Waals surface area contributed by atoms with Crippen molar-refractivity contribution in [2.24, 2.45) is 4.99 Å². The van der Waals surface area contributed by atoms with Crippen molar-refractivity contribution in [3.8, 4) is 5.75 Å². The Hall–Kier alpha value is -2.24. The topological polar surface area (TPSA) is 66.0 Å². The molecule has 28 heavy (non-hydrogen) atoms. The number of nitrogens with one attached hydrogen (secondary N) is 2. The number of amides is 1. The minimum Gasteiger partial charge on any atom is -0.491 e. The zero-order valence-corrected chi connectivity index (χ0v) is 18.0. The van der Waals surface area contributed by atoms with Crippen LogP contribution in [0, 0.1) is 6.92 Å². The van der Waals surface area contributed by atoms with Crippen molar-refractivity contribution in [3.05, 3.63) is 29.3 Å². The van der Waals surface area contributed by atoms with Gasteiger partial charge < -0.3 is 20.3 Å². The molecule has 6 heteroatoms. The van der Waals surface area contributed by atoms with Crippen LogP contribution in [0.5, 0.6) is 5.75 Å². The Kier molecular flexibility index (Phi) is 8.61. The van der Waals surface area contributed by atoms with Crippen molar-refractivity contribution in [2.45, 2.75) is 72.1 Å². The number of guanidine groups is 1. The summed E-state index contributed by atoms with van der Waals surface area (Å²) < 4.78 is 5.93. The molecular weight excluding hydrogens is 352 g/mol. The van der Waals surface area contributed by atoms with Gasteiger partial charge in [0.15, 0.2) is 5.96 Å². The van der Waals surface area contributed by atoms with E-state index in [1.807, 2.05) is 18.7 Å². The lowest BCUT2D eigenvalue weighted by molar-refractivity contribution is -0.134. The zero-order chi connectivity index (χ0) is 20.5. The van der Waals surface area contributed by atoms with E-state index in [0.717, 1.165) is 30.7 Å². The van der Waals surface area contributed by atoms with Gasteiger partial charge in [0.2, 0.25) is 5.91 Å². The summed E-state index contributed by atoms with van der Waals surface area (Å²) in [6, 6.07) is 6.58. The van der Waals surface area contributed by atoms with E-state index in [-0.39, 0.29) is 12.0 Å². The largest absolute Gasteiger partial charge is 0.491 e. The third kappa shape index (κ3) is 6.73. The van der Waals surface area contributed by atoms with Crippen LogP contribution in [0.1, 0.15) is 57.6 Å². The van der Waals surface area contributed by atoms with Gasteiger partial charge in [0.25, 0.3) is 0 Å². The number of rotatable bonds is 7. The van der Waals surface area contributed by atoms with Gasteiger partial charge in [0.05, 0.1) is 6.10 Å². The first-order valence-corrected chi connectivity index (χ1v) is 10.4. The van der Waals surface area contributed by atoms with Crippen LogP contribution < -0.4 is 15.4 Å². The molecule has 2 rings (SSSR count). The van der Waals surface area contributed by atoms with Gasteiger partial charge in [-0.05, 0) is 58.6 Å². The van der Waals surface area contributed by atoms with Crippen molar-refractivity contribution in [2.75, 3.05) is 20.1 Å². The van der Waals surface area contributed by atoms with Crippen molar-refractivity contribution in [3.63, 3.8) is 0 Å². The summed E-state index contributed by atoms with van der Waals surface area (Å²) in [6.07, 6.45) is 4.06. The van der Waals surface area contributed by atoms with E-state index < -0.39 is 0 Å². The van der Waals surface area contributed by atoms with Gasteiger partial charge in [-0.1, -0.05) is 12.1 Å². The van der Waals surface area contributed by atoms with Gasteiger partial charge in [-0.2, -0.15) is 0 Å². The van der Waals surface area contributed by atoms with Crippen LogP contribution in [-0.2, 0) is 11.3 Å². The van der Waals surface area contributed by atoms with E-state index in [1.165, 1.54) is 12.0 Å². The summed E-state index contributed by atoms with van der Waals surface area (Å²) in [5.41, 5.74) is 2.26. The van der Waals surface area contributed by atoms with Crippen molar-refractivity contribution >= 4 is 11.9 Å². The summed E-state index contributed by atoms with van der Waals surface area (Å²) in [5, 5.41) is 6.56. The molecule has 0 bridgehead atoms. The Morgan fingerprint density at radius 1 is 1.32 bits per heavy atom. The van der Waals surface area contributed by atoms with Crippen LogP contribution in [-0.4, -0.2) is 49.0 Å². The Balaban J connectivity index is 1.82. The number of hydrogen-bond acceptors (Lipinski definition) is 3. The number of aliphatic imine (C=N–C) groups is 1. The highest BCUT2D eigenvalue weighted by molar-refractivity contribution is 5.81. The molecule has 0 spiro atoms. The number of carbonyl (C=O) groups excluding carboxylic acids is 1. The summed E-state index contributed by atoms with van der Waals surface area (Å²) in [5.74, 6) is 1.81. The fourth-order valence-electron chi connectivity index (χ4n) is 3.47. The van der Waals surface area contributed by atoms with Crippen LogP contribution in [0.4, 0.5) is 0 Å². The SMILES string of the molecule is CN=C(NCCC(=O)N1CCCCC1C)NCc1ccc(C)cc1OC(C)C. The maximum absolute atomic E-state index is 12.4. The molecule has 1 saturated heterocycles. The number of nitrogens with zero attached hydrogens (tertiary/aromatic N) is 2. The highest BCUT2D eigenvalue weighted by Gasteiger charge is 2.22.